The predicted molar refractivity (Wildman–Crippen MR) is 154 cm³/mol. The van der Waals surface area contributed by atoms with Gasteiger partial charge in [0.1, 0.15) is 30.8 Å². The van der Waals surface area contributed by atoms with Gasteiger partial charge in [0.2, 0.25) is 21.8 Å². The maximum Gasteiger partial charge on any atom is 0.244 e. The lowest BCUT2D eigenvalue weighted by molar-refractivity contribution is -0.140. The number of rotatable bonds is 11. The van der Waals surface area contributed by atoms with Gasteiger partial charge in [-0.15, -0.1) is 0 Å². The van der Waals surface area contributed by atoms with Gasteiger partial charge in [-0.1, -0.05) is 48.5 Å². The number of benzene rings is 3. The minimum absolute atomic E-state index is 0.206. The van der Waals surface area contributed by atoms with Crippen molar-refractivity contribution < 1.29 is 27.1 Å². The highest BCUT2D eigenvalue weighted by atomic mass is 32.2. The van der Waals surface area contributed by atoms with Gasteiger partial charge in [0.25, 0.3) is 0 Å². The molecule has 0 unspecified atom stereocenters. The van der Waals surface area contributed by atoms with Crippen LogP contribution in [0, 0.1) is 5.82 Å². The topological polar surface area (TPSA) is 96.0 Å². The molecule has 0 bridgehead atoms. The van der Waals surface area contributed by atoms with Crippen LogP contribution >= 0.6 is 0 Å². The smallest absolute Gasteiger partial charge is 0.244 e. The first-order valence-corrected chi connectivity index (χ1v) is 14.7. The van der Waals surface area contributed by atoms with E-state index in [0.717, 1.165) is 16.1 Å². The van der Waals surface area contributed by atoms with Crippen molar-refractivity contribution >= 4 is 27.5 Å². The number of ether oxygens (including phenoxy) is 1. The highest BCUT2D eigenvalue weighted by Gasteiger charge is 2.31. The molecule has 1 atom stereocenters. The maximum atomic E-state index is 14.5. The van der Waals surface area contributed by atoms with Crippen molar-refractivity contribution in [3.8, 4) is 5.75 Å². The second-order valence-electron chi connectivity index (χ2n) is 10.6. The summed E-state index contributed by atoms with van der Waals surface area (Å²) in [5.74, 6) is -1.10. The fourth-order valence-corrected chi connectivity index (χ4v) is 4.78. The molecule has 0 spiro atoms. The first kappa shape index (κ1) is 30.6. The van der Waals surface area contributed by atoms with E-state index in [0.29, 0.717) is 12.4 Å². The zero-order valence-electron chi connectivity index (χ0n) is 23.4. The third-order valence-corrected chi connectivity index (χ3v) is 7.16. The van der Waals surface area contributed by atoms with Gasteiger partial charge in [0.15, 0.2) is 0 Å². The van der Waals surface area contributed by atoms with E-state index in [-0.39, 0.29) is 17.8 Å². The molecule has 0 aliphatic carbocycles. The Kier molecular flexibility index (Phi) is 9.92. The molecule has 0 radical (unpaired) electrons. The van der Waals surface area contributed by atoms with E-state index < -0.39 is 45.8 Å². The lowest BCUT2D eigenvalue weighted by atomic mass is 10.1. The molecule has 2 amide bonds. The summed E-state index contributed by atoms with van der Waals surface area (Å²) >= 11 is 0. The molecule has 8 nitrogen and oxygen atoms in total. The van der Waals surface area contributed by atoms with Crippen LogP contribution in [-0.4, -0.2) is 49.5 Å². The van der Waals surface area contributed by atoms with Crippen molar-refractivity contribution in [2.45, 2.75) is 52.4 Å². The lowest BCUT2D eigenvalue weighted by Gasteiger charge is -2.33. The van der Waals surface area contributed by atoms with Crippen molar-refractivity contribution in [3.63, 3.8) is 0 Å². The van der Waals surface area contributed by atoms with Gasteiger partial charge in [-0.3, -0.25) is 13.9 Å². The third-order valence-electron chi connectivity index (χ3n) is 6.02. The summed E-state index contributed by atoms with van der Waals surface area (Å²) in [6.45, 7) is 6.49. The number of nitrogens with zero attached hydrogens (tertiary/aromatic N) is 2. The van der Waals surface area contributed by atoms with E-state index in [9.17, 15) is 22.4 Å². The Labute approximate surface area is 235 Å². The minimum atomic E-state index is -3.90. The van der Waals surface area contributed by atoms with E-state index in [1.54, 1.807) is 51.1 Å². The normalized spacial score (nSPS) is 12.3. The van der Waals surface area contributed by atoms with Crippen LogP contribution in [0.3, 0.4) is 0 Å². The molecule has 1 N–H and O–H groups in total. The molecule has 3 aromatic rings. The third kappa shape index (κ3) is 8.81. The van der Waals surface area contributed by atoms with Crippen LogP contribution in [0.4, 0.5) is 10.1 Å². The standard InChI is InChI=1S/C30H36FN3O5S/c1-22(29(36)32-30(2,3)4)33(19-24-13-9-10-14-27(24)31)28(35)20-34(40(5,37)38)25-15-17-26(18-16-25)39-21-23-11-7-6-8-12-23/h6-18,22H,19-21H2,1-5H3,(H,32,36)/t22-/m0/s1. The number of halogens is 1. The summed E-state index contributed by atoms with van der Waals surface area (Å²) in [6.07, 6.45) is 0.997. The van der Waals surface area contributed by atoms with Crippen LogP contribution in [0.15, 0.2) is 78.9 Å². The molecule has 0 saturated heterocycles. The monoisotopic (exact) mass is 569 g/mol. The van der Waals surface area contributed by atoms with Gasteiger partial charge in [0.05, 0.1) is 11.9 Å². The number of hydrogen-bond donors (Lipinski definition) is 1. The predicted octanol–water partition coefficient (Wildman–Crippen LogP) is 4.50. The zero-order valence-corrected chi connectivity index (χ0v) is 24.2. The number of amides is 2. The Hall–Kier alpha value is -3.92. The average molecular weight is 570 g/mol. The fourth-order valence-electron chi connectivity index (χ4n) is 3.93. The number of carbonyl (C=O) groups is 2. The lowest BCUT2D eigenvalue weighted by Crippen LogP contribution is -2.54. The number of nitrogens with one attached hydrogen (secondary N) is 1. The van der Waals surface area contributed by atoms with Crippen LogP contribution in [-0.2, 0) is 32.8 Å². The molecule has 0 heterocycles. The molecule has 0 aliphatic rings. The molecular weight excluding hydrogens is 533 g/mol. The van der Waals surface area contributed by atoms with Gasteiger partial charge in [-0.05, 0) is 63.6 Å². The summed E-state index contributed by atoms with van der Waals surface area (Å²) in [7, 11) is -3.90. The molecule has 214 valence electrons. The van der Waals surface area contributed by atoms with Crippen LogP contribution in [0.1, 0.15) is 38.8 Å². The van der Waals surface area contributed by atoms with Gasteiger partial charge in [-0.25, -0.2) is 12.8 Å². The molecule has 0 aromatic heterocycles. The summed E-state index contributed by atoms with van der Waals surface area (Å²) in [4.78, 5) is 27.8. The van der Waals surface area contributed by atoms with Crippen molar-refractivity contribution in [1.29, 1.82) is 0 Å². The minimum Gasteiger partial charge on any atom is -0.489 e. The number of carbonyl (C=O) groups excluding carboxylic acids is 2. The number of sulfonamides is 1. The molecular formula is C30H36FN3O5S. The maximum absolute atomic E-state index is 14.5. The van der Waals surface area contributed by atoms with Crippen LogP contribution < -0.4 is 14.4 Å². The van der Waals surface area contributed by atoms with Crippen molar-refractivity contribution in [2.75, 3.05) is 17.1 Å². The van der Waals surface area contributed by atoms with Crippen molar-refractivity contribution in [3.05, 3.63) is 95.8 Å². The quantitative estimate of drug-likeness (QED) is 0.367. The summed E-state index contributed by atoms with van der Waals surface area (Å²) in [5, 5.41) is 2.83. The van der Waals surface area contributed by atoms with E-state index in [1.165, 1.54) is 30.0 Å². The highest BCUT2D eigenvalue weighted by Crippen LogP contribution is 2.23. The molecule has 0 aliphatic heterocycles. The van der Waals surface area contributed by atoms with Crippen molar-refractivity contribution in [2.24, 2.45) is 0 Å². The summed E-state index contributed by atoms with van der Waals surface area (Å²) < 4.78 is 46.8. The molecule has 0 saturated carbocycles. The SMILES string of the molecule is C[C@@H](C(=O)NC(C)(C)C)N(Cc1ccccc1F)C(=O)CN(c1ccc(OCc2ccccc2)cc1)S(C)(=O)=O. The van der Waals surface area contributed by atoms with Crippen LogP contribution in [0.25, 0.3) is 0 Å². The Bertz CT molecular complexity index is 1410. The van der Waals surface area contributed by atoms with E-state index in [1.807, 2.05) is 30.3 Å². The second kappa shape index (κ2) is 13.0. The zero-order chi connectivity index (χ0) is 29.5. The Morgan fingerprint density at radius 1 is 0.950 bits per heavy atom. The van der Waals surface area contributed by atoms with Crippen LogP contribution in [0.5, 0.6) is 5.75 Å². The Balaban J connectivity index is 1.84. The van der Waals surface area contributed by atoms with Gasteiger partial charge < -0.3 is 15.0 Å². The molecule has 40 heavy (non-hydrogen) atoms. The Morgan fingerprint density at radius 2 is 1.55 bits per heavy atom. The first-order valence-electron chi connectivity index (χ1n) is 12.8. The first-order chi connectivity index (χ1) is 18.7. The molecule has 10 heteroatoms. The van der Waals surface area contributed by atoms with Crippen molar-refractivity contribution in [1.82, 2.24) is 10.2 Å². The molecule has 3 rings (SSSR count). The highest BCUT2D eigenvalue weighted by molar-refractivity contribution is 7.92. The summed E-state index contributed by atoms with van der Waals surface area (Å²) in [5.41, 5.74) is 0.869. The largest absolute Gasteiger partial charge is 0.489 e. The van der Waals surface area contributed by atoms with E-state index in [4.69, 9.17) is 4.74 Å². The summed E-state index contributed by atoms with van der Waals surface area (Å²) in [6, 6.07) is 20.9. The average Bonchev–Trinajstić information content (AvgIpc) is 2.89. The van der Waals surface area contributed by atoms with E-state index >= 15 is 0 Å². The van der Waals surface area contributed by atoms with Gasteiger partial charge >= 0.3 is 0 Å². The van der Waals surface area contributed by atoms with Gasteiger partial charge in [0, 0.05) is 17.6 Å². The van der Waals surface area contributed by atoms with Crippen LogP contribution in [0.2, 0.25) is 0 Å². The molecule has 0 fully saturated rings. The fraction of sp³-hybridized carbons (Fsp3) is 0.333. The van der Waals surface area contributed by atoms with E-state index in [2.05, 4.69) is 5.32 Å². The number of anilines is 1. The Morgan fingerprint density at radius 3 is 2.12 bits per heavy atom. The number of hydrogen-bond acceptors (Lipinski definition) is 5. The van der Waals surface area contributed by atoms with Gasteiger partial charge in [-0.2, -0.15) is 0 Å². The molecule has 3 aromatic carbocycles. The second-order valence-corrected chi connectivity index (χ2v) is 12.5.